The van der Waals surface area contributed by atoms with Crippen molar-refractivity contribution in [2.75, 3.05) is 13.7 Å². The van der Waals surface area contributed by atoms with Gasteiger partial charge in [-0.15, -0.1) is 0 Å². The molecule has 1 fully saturated rings. The third-order valence-corrected chi connectivity index (χ3v) is 3.61. The van der Waals surface area contributed by atoms with E-state index in [-0.39, 0.29) is 18.1 Å². The monoisotopic (exact) mass is 270 g/mol. The first-order chi connectivity index (χ1) is 9.04. The molecule has 0 radical (unpaired) electrons. The highest BCUT2D eigenvalue weighted by Gasteiger charge is 2.37. The van der Waals surface area contributed by atoms with Crippen molar-refractivity contribution in [3.63, 3.8) is 0 Å². The number of hydrogen-bond donors (Lipinski definition) is 1. The highest BCUT2D eigenvalue weighted by Crippen LogP contribution is 2.24. The molecule has 1 N–H and O–H groups in total. The van der Waals surface area contributed by atoms with E-state index in [1.165, 1.54) is 0 Å². The summed E-state index contributed by atoms with van der Waals surface area (Å²) in [5.74, 6) is -0.651. The zero-order valence-electron chi connectivity index (χ0n) is 11.7. The highest BCUT2D eigenvalue weighted by molar-refractivity contribution is 5.82. The molecule has 0 aromatic rings. The molecule has 0 bridgehead atoms. The molecule has 4 atom stereocenters. The smallest absolute Gasteiger partial charge is 0.226 e. The number of nitrogens with zero attached hydrogens (tertiary/aromatic N) is 1. The Bertz CT molecular complexity index is 335. The van der Waals surface area contributed by atoms with E-state index in [1.54, 1.807) is 25.9 Å². The first kappa shape index (κ1) is 15.6. The lowest BCUT2D eigenvalue weighted by atomic mass is 9.95. The van der Waals surface area contributed by atoms with E-state index in [4.69, 9.17) is 4.74 Å². The third kappa shape index (κ3) is 3.76. The Kier molecular flexibility index (Phi) is 5.95. The summed E-state index contributed by atoms with van der Waals surface area (Å²) in [7, 11) is 1.54. The molecular weight excluding hydrogens is 248 g/mol. The molecule has 1 heterocycles. The van der Waals surface area contributed by atoms with Crippen LogP contribution in [0.4, 0.5) is 0 Å². The normalized spacial score (nSPS) is 23.5. The fourth-order valence-corrected chi connectivity index (χ4v) is 2.53. The van der Waals surface area contributed by atoms with Crippen LogP contribution >= 0.6 is 0 Å². The minimum Gasteiger partial charge on any atom is -0.378 e. The quantitative estimate of drug-likeness (QED) is 0.659. The zero-order chi connectivity index (χ0) is 14.4. The predicted molar refractivity (Wildman–Crippen MR) is 69.4 cm³/mol. The lowest BCUT2D eigenvalue weighted by Crippen LogP contribution is -2.49. The van der Waals surface area contributed by atoms with Crippen LogP contribution in [0.3, 0.4) is 0 Å². The van der Waals surface area contributed by atoms with Gasteiger partial charge >= 0.3 is 0 Å². The SMILES string of the molecule is COC(C(C)C(=O)N[C@@H](C)C=O)C1CCCN1C=O. The van der Waals surface area contributed by atoms with E-state index >= 15 is 0 Å². The number of aldehydes is 1. The molecule has 108 valence electrons. The number of carbonyl (C=O) groups is 3. The summed E-state index contributed by atoms with van der Waals surface area (Å²) in [6.45, 7) is 4.07. The van der Waals surface area contributed by atoms with Crippen molar-refractivity contribution in [1.82, 2.24) is 10.2 Å². The van der Waals surface area contributed by atoms with E-state index in [0.29, 0.717) is 12.8 Å². The topological polar surface area (TPSA) is 75.7 Å². The van der Waals surface area contributed by atoms with Crippen LogP contribution in [0.15, 0.2) is 0 Å². The highest BCUT2D eigenvalue weighted by atomic mass is 16.5. The van der Waals surface area contributed by atoms with Crippen molar-refractivity contribution >= 4 is 18.6 Å². The van der Waals surface area contributed by atoms with Gasteiger partial charge in [0.05, 0.1) is 24.1 Å². The molecule has 6 nitrogen and oxygen atoms in total. The van der Waals surface area contributed by atoms with Crippen LogP contribution in [0, 0.1) is 5.92 Å². The van der Waals surface area contributed by atoms with Gasteiger partial charge in [0.2, 0.25) is 12.3 Å². The second kappa shape index (κ2) is 7.23. The number of carbonyl (C=O) groups excluding carboxylic acids is 3. The van der Waals surface area contributed by atoms with Gasteiger partial charge in [-0.25, -0.2) is 0 Å². The van der Waals surface area contributed by atoms with Crippen molar-refractivity contribution in [1.29, 1.82) is 0 Å². The summed E-state index contributed by atoms with van der Waals surface area (Å²) in [6.07, 6.45) is 2.88. The molecule has 1 saturated heterocycles. The van der Waals surface area contributed by atoms with E-state index in [1.807, 2.05) is 0 Å². The Hall–Kier alpha value is -1.43. The maximum atomic E-state index is 12.0. The molecule has 0 spiro atoms. The van der Waals surface area contributed by atoms with Crippen molar-refractivity contribution in [3.05, 3.63) is 0 Å². The third-order valence-electron chi connectivity index (χ3n) is 3.61. The number of amides is 2. The Morgan fingerprint density at radius 3 is 2.63 bits per heavy atom. The maximum absolute atomic E-state index is 12.0. The molecule has 1 rings (SSSR count). The number of rotatable bonds is 7. The van der Waals surface area contributed by atoms with Gasteiger partial charge in [-0.05, 0) is 19.8 Å². The Balaban J connectivity index is 2.70. The summed E-state index contributed by atoms with van der Waals surface area (Å²) in [5.41, 5.74) is 0. The minimum absolute atomic E-state index is 0.0743. The van der Waals surface area contributed by atoms with Crippen LogP contribution in [-0.2, 0) is 19.1 Å². The van der Waals surface area contributed by atoms with E-state index in [9.17, 15) is 14.4 Å². The number of hydrogen-bond acceptors (Lipinski definition) is 4. The fraction of sp³-hybridized carbons (Fsp3) is 0.769. The van der Waals surface area contributed by atoms with Crippen LogP contribution < -0.4 is 5.32 Å². The van der Waals surface area contributed by atoms with Gasteiger partial charge in [0.25, 0.3) is 0 Å². The first-order valence-electron chi connectivity index (χ1n) is 6.54. The predicted octanol–water partition coefficient (Wildman–Crippen LogP) is -0.0381. The van der Waals surface area contributed by atoms with Gasteiger partial charge in [-0.3, -0.25) is 9.59 Å². The minimum atomic E-state index is -0.516. The zero-order valence-corrected chi connectivity index (χ0v) is 11.7. The van der Waals surface area contributed by atoms with Gasteiger partial charge in [0.15, 0.2) is 0 Å². The molecule has 0 saturated carbocycles. The van der Waals surface area contributed by atoms with Crippen LogP contribution in [-0.4, -0.2) is 55.3 Å². The molecule has 1 aliphatic heterocycles. The maximum Gasteiger partial charge on any atom is 0.226 e. The molecule has 0 aromatic carbocycles. The summed E-state index contributed by atoms with van der Waals surface area (Å²) in [5, 5.41) is 2.61. The van der Waals surface area contributed by atoms with Gasteiger partial charge in [0.1, 0.15) is 6.29 Å². The number of methoxy groups -OCH3 is 1. The van der Waals surface area contributed by atoms with E-state index < -0.39 is 12.0 Å². The summed E-state index contributed by atoms with van der Waals surface area (Å²) in [4.78, 5) is 35.2. The van der Waals surface area contributed by atoms with E-state index in [2.05, 4.69) is 5.32 Å². The van der Waals surface area contributed by atoms with Crippen LogP contribution in [0.5, 0.6) is 0 Å². The number of nitrogens with one attached hydrogen (secondary N) is 1. The molecule has 19 heavy (non-hydrogen) atoms. The van der Waals surface area contributed by atoms with Crippen molar-refractivity contribution in [3.8, 4) is 0 Å². The van der Waals surface area contributed by atoms with Gasteiger partial charge in [0, 0.05) is 13.7 Å². The van der Waals surface area contributed by atoms with Crippen molar-refractivity contribution in [2.45, 2.75) is 44.9 Å². The average molecular weight is 270 g/mol. The average Bonchev–Trinajstić information content (AvgIpc) is 2.87. The van der Waals surface area contributed by atoms with Gasteiger partial charge in [-0.1, -0.05) is 6.92 Å². The Morgan fingerprint density at radius 1 is 1.42 bits per heavy atom. The molecule has 6 heteroatoms. The van der Waals surface area contributed by atoms with Crippen molar-refractivity contribution in [2.24, 2.45) is 5.92 Å². The number of likely N-dealkylation sites (tertiary alicyclic amines) is 1. The lowest BCUT2D eigenvalue weighted by Gasteiger charge is -2.32. The van der Waals surface area contributed by atoms with Crippen molar-refractivity contribution < 1.29 is 19.1 Å². The molecule has 3 unspecified atom stereocenters. The fourth-order valence-electron chi connectivity index (χ4n) is 2.53. The summed E-state index contributed by atoms with van der Waals surface area (Å²) >= 11 is 0. The second-order valence-electron chi connectivity index (χ2n) is 4.98. The molecular formula is C13H22N2O4. The molecule has 1 aliphatic rings. The van der Waals surface area contributed by atoms with E-state index in [0.717, 1.165) is 19.3 Å². The summed E-state index contributed by atoms with van der Waals surface area (Å²) in [6, 6.07) is -0.590. The van der Waals surface area contributed by atoms with Gasteiger partial charge in [-0.2, -0.15) is 0 Å². The van der Waals surface area contributed by atoms with Gasteiger partial charge < -0.3 is 19.7 Å². The first-order valence-corrected chi connectivity index (χ1v) is 6.54. The van der Waals surface area contributed by atoms with Crippen LogP contribution in [0.1, 0.15) is 26.7 Å². The molecule has 2 amide bonds. The second-order valence-corrected chi connectivity index (χ2v) is 4.98. The summed E-state index contributed by atoms with van der Waals surface area (Å²) < 4.78 is 5.41. The lowest BCUT2D eigenvalue weighted by molar-refractivity contribution is -0.134. The Morgan fingerprint density at radius 2 is 2.11 bits per heavy atom. The molecule has 0 aliphatic carbocycles. The Labute approximate surface area is 113 Å². The standard InChI is InChI=1S/C13H22N2O4/c1-9(7-16)14-13(18)10(2)12(19-3)11-5-4-6-15(11)8-17/h7-12H,4-6H2,1-3H3,(H,14,18)/t9-,10?,11?,12?/m0/s1. The number of ether oxygens (including phenoxy) is 1. The molecule has 0 aromatic heterocycles. The largest absolute Gasteiger partial charge is 0.378 e. The van der Waals surface area contributed by atoms with Crippen LogP contribution in [0.2, 0.25) is 0 Å². The van der Waals surface area contributed by atoms with Crippen LogP contribution in [0.25, 0.3) is 0 Å².